The first kappa shape index (κ1) is 11.6. The molecule has 0 aliphatic carbocycles. The third-order valence-corrected chi connectivity index (χ3v) is 2.79. The Morgan fingerprint density at radius 3 is 3.14 bits per heavy atom. The smallest absolute Gasteiger partial charge is 0.00981 e. The second-order valence-electron chi connectivity index (χ2n) is 4.19. The van der Waals surface area contributed by atoms with Crippen molar-refractivity contribution in [2.45, 2.75) is 51.1 Å². The number of unbranched alkanes of at least 4 members (excludes halogenated alkanes) is 1. The first-order valence-corrected chi connectivity index (χ1v) is 5.73. The van der Waals surface area contributed by atoms with Crippen LogP contribution in [0.25, 0.3) is 0 Å². The van der Waals surface area contributed by atoms with Gasteiger partial charge in [0.25, 0.3) is 0 Å². The van der Waals surface area contributed by atoms with Crippen molar-refractivity contribution in [3.05, 3.63) is 0 Å². The molecule has 2 atom stereocenters. The third-order valence-electron chi connectivity index (χ3n) is 2.79. The summed E-state index contributed by atoms with van der Waals surface area (Å²) in [6, 6.07) is 1.36. The fraction of sp³-hybridized carbons (Fsp3) is 0.833. The maximum Gasteiger partial charge on any atom is 0.00981 e. The summed E-state index contributed by atoms with van der Waals surface area (Å²) < 4.78 is 0. The standard InChI is InChI=1S/C12H22N2/c1-3-4-5-8-13-11(2)10-12-7-6-9-14-12/h1,11-14H,4-10H2,2H3. The minimum atomic E-state index is 0.614. The van der Waals surface area contributed by atoms with E-state index in [1.807, 2.05) is 0 Å². The van der Waals surface area contributed by atoms with Gasteiger partial charge >= 0.3 is 0 Å². The van der Waals surface area contributed by atoms with E-state index in [0.717, 1.165) is 25.4 Å². The van der Waals surface area contributed by atoms with E-state index in [9.17, 15) is 0 Å². The number of rotatable bonds is 6. The second kappa shape index (κ2) is 6.86. The third kappa shape index (κ3) is 4.64. The Hall–Kier alpha value is -0.520. The molecule has 80 valence electrons. The van der Waals surface area contributed by atoms with Crippen molar-refractivity contribution in [3.8, 4) is 12.3 Å². The van der Waals surface area contributed by atoms with Gasteiger partial charge in [-0.15, -0.1) is 12.3 Å². The molecule has 0 saturated carbocycles. The fourth-order valence-electron chi connectivity index (χ4n) is 2.01. The molecule has 0 aromatic heterocycles. The zero-order chi connectivity index (χ0) is 10.2. The Labute approximate surface area is 87.8 Å². The SMILES string of the molecule is C#CCCCNC(C)CC1CCCN1. The van der Waals surface area contributed by atoms with Crippen LogP contribution in [0.15, 0.2) is 0 Å². The highest BCUT2D eigenvalue weighted by molar-refractivity contribution is 4.84. The summed E-state index contributed by atoms with van der Waals surface area (Å²) in [5.74, 6) is 2.66. The summed E-state index contributed by atoms with van der Waals surface area (Å²) in [5.41, 5.74) is 0. The molecule has 14 heavy (non-hydrogen) atoms. The van der Waals surface area contributed by atoms with Crippen LogP contribution in [-0.4, -0.2) is 25.2 Å². The van der Waals surface area contributed by atoms with E-state index in [0.29, 0.717) is 6.04 Å². The molecule has 1 aliphatic heterocycles. The zero-order valence-corrected chi connectivity index (χ0v) is 9.18. The van der Waals surface area contributed by atoms with Crippen molar-refractivity contribution in [3.63, 3.8) is 0 Å². The quantitative estimate of drug-likeness (QED) is 0.495. The Morgan fingerprint density at radius 2 is 2.50 bits per heavy atom. The van der Waals surface area contributed by atoms with E-state index < -0.39 is 0 Å². The van der Waals surface area contributed by atoms with Crippen LogP contribution in [0.2, 0.25) is 0 Å². The molecular weight excluding hydrogens is 172 g/mol. The van der Waals surface area contributed by atoms with Crippen molar-refractivity contribution in [2.24, 2.45) is 0 Å². The maximum absolute atomic E-state index is 5.19. The van der Waals surface area contributed by atoms with E-state index in [1.54, 1.807) is 0 Å². The molecule has 1 saturated heterocycles. The molecule has 0 bridgehead atoms. The van der Waals surface area contributed by atoms with Crippen LogP contribution in [0.4, 0.5) is 0 Å². The van der Waals surface area contributed by atoms with Crippen molar-refractivity contribution in [2.75, 3.05) is 13.1 Å². The Kier molecular flexibility index (Phi) is 5.66. The van der Waals surface area contributed by atoms with Gasteiger partial charge in [0.2, 0.25) is 0 Å². The summed E-state index contributed by atoms with van der Waals surface area (Å²) in [5, 5.41) is 7.03. The minimum Gasteiger partial charge on any atom is -0.314 e. The van der Waals surface area contributed by atoms with Crippen molar-refractivity contribution in [1.29, 1.82) is 0 Å². The molecule has 2 N–H and O–H groups in total. The van der Waals surface area contributed by atoms with Gasteiger partial charge in [-0.25, -0.2) is 0 Å². The highest BCUT2D eigenvalue weighted by atomic mass is 15.0. The number of hydrogen-bond donors (Lipinski definition) is 2. The summed E-state index contributed by atoms with van der Waals surface area (Å²) in [4.78, 5) is 0. The monoisotopic (exact) mass is 194 g/mol. The topological polar surface area (TPSA) is 24.1 Å². The fourth-order valence-corrected chi connectivity index (χ4v) is 2.01. The number of terminal acetylenes is 1. The van der Waals surface area contributed by atoms with Gasteiger partial charge in [0.1, 0.15) is 0 Å². The van der Waals surface area contributed by atoms with Gasteiger partial charge in [0, 0.05) is 18.5 Å². The largest absolute Gasteiger partial charge is 0.314 e. The summed E-state index contributed by atoms with van der Waals surface area (Å²) in [6.07, 6.45) is 11.1. The summed E-state index contributed by atoms with van der Waals surface area (Å²) in [6.45, 7) is 4.52. The van der Waals surface area contributed by atoms with Gasteiger partial charge in [0.15, 0.2) is 0 Å². The van der Waals surface area contributed by atoms with E-state index in [-0.39, 0.29) is 0 Å². The van der Waals surface area contributed by atoms with Gasteiger partial charge in [-0.1, -0.05) is 0 Å². The zero-order valence-electron chi connectivity index (χ0n) is 9.18. The lowest BCUT2D eigenvalue weighted by Crippen LogP contribution is -2.34. The van der Waals surface area contributed by atoms with Crippen LogP contribution in [-0.2, 0) is 0 Å². The molecule has 0 aromatic rings. The van der Waals surface area contributed by atoms with Gasteiger partial charge in [-0.05, 0) is 45.7 Å². The second-order valence-corrected chi connectivity index (χ2v) is 4.19. The molecule has 0 radical (unpaired) electrons. The molecule has 2 heteroatoms. The lowest BCUT2D eigenvalue weighted by molar-refractivity contribution is 0.439. The van der Waals surface area contributed by atoms with Crippen LogP contribution in [0.3, 0.4) is 0 Å². The molecule has 2 unspecified atom stereocenters. The predicted octanol–water partition coefficient (Wildman–Crippen LogP) is 1.52. The van der Waals surface area contributed by atoms with Crippen molar-refractivity contribution in [1.82, 2.24) is 10.6 Å². The predicted molar refractivity (Wildman–Crippen MR) is 61.2 cm³/mol. The van der Waals surface area contributed by atoms with Gasteiger partial charge in [-0.2, -0.15) is 0 Å². The highest BCUT2D eigenvalue weighted by Crippen LogP contribution is 2.10. The molecule has 0 aromatic carbocycles. The molecule has 1 rings (SSSR count). The van der Waals surface area contributed by atoms with Gasteiger partial charge < -0.3 is 10.6 Å². The highest BCUT2D eigenvalue weighted by Gasteiger charge is 2.16. The van der Waals surface area contributed by atoms with Crippen molar-refractivity contribution >= 4 is 0 Å². The summed E-state index contributed by atoms with van der Waals surface area (Å²) in [7, 11) is 0. The van der Waals surface area contributed by atoms with Crippen LogP contribution in [0.5, 0.6) is 0 Å². The average molecular weight is 194 g/mol. The van der Waals surface area contributed by atoms with E-state index in [4.69, 9.17) is 6.42 Å². The molecule has 1 aliphatic rings. The van der Waals surface area contributed by atoms with Gasteiger partial charge in [0.05, 0.1) is 0 Å². The van der Waals surface area contributed by atoms with Crippen molar-refractivity contribution < 1.29 is 0 Å². The van der Waals surface area contributed by atoms with Crippen LogP contribution >= 0.6 is 0 Å². The average Bonchev–Trinajstić information content (AvgIpc) is 2.65. The van der Waals surface area contributed by atoms with Crippen LogP contribution in [0.1, 0.15) is 39.0 Å². The maximum atomic E-state index is 5.19. The molecule has 0 spiro atoms. The summed E-state index contributed by atoms with van der Waals surface area (Å²) >= 11 is 0. The molecule has 1 fully saturated rings. The molecule has 0 amide bonds. The lowest BCUT2D eigenvalue weighted by atomic mass is 10.1. The normalized spacial score (nSPS) is 23.3. The molecule has 2 nitrogen and oxygen atoms in total. The van der Waals surface area contributed by atoms with Crippen LogP contribution in [0, 0.1) is 12.3 Å². The van der Waals surface area contributed by atoms with E-state index in [1.165, 1.54) is 25.8 Å². The van der Waals surface area contributed by atoms with E-state index in [2.05, 4.69) is 23.5 Å². The molecule has 1 heterocycles. The number of hydrogen-bond acceptors (Lipinski definition) is 2. The van der Waals surface area contributed by atoms with Crippen LogP contribution < -0.4 is 10.6 Å². The lowest BCUT2D eigenvalue weighted by Gasteiger charge is -2.17. The Balaban J connectivity index is 1.98. The minimum absolute atomic E-state index is 0.614. The number of nitrogens with one attached hydrogen (secondary N) is 2. The first-order valence-electron chi connectivity index (χ1n) is 5.73. The molecular formula is C12H22N2. The Bertz CT molecular complexity index is 177. The van der Waals surface area contributed by atoms with E-state index >= 15 is 0 Å². The first-order chi connectivity index (χ1) is 6.83. The van der Waals surface area contributed by atoms with Gasteiger partial charge in [-0.3, -0.25) is 0 Å². The Morgan fingerprint density at radius 1 is 1.64 bits per heavy atom.